The average molecular weight is 203 g/mol. The molecule has 0 amide bonds. The van der Waals surface area contributed by atoms with Gasteiger partial charge in [-0.15, -0.1) is 0 Å². The number of hydrogen-bond donors (Lipinski definition) is 1. The van der Waals surface area contributed by atoms with Crippen LogP contribution in [0.4, 0.5) is 0 Å². The molecule has 0 aliphatic carbocycles. The van der Waals surface area contributed by atoms with Crippen molar-refractivity contribution in [1.29, 1.82) is 0 Å². The van der Waals surface area contributed by atoms with Crippen molar-refractivity contribution in [3.8, 4) is 0 Å². The van der Waals surface area contributed by atoms with Crippen LogP contribution in [-0.4, -0.2) is 39.0 Å². The molecule has 0 spiro atoms. The molecule has 0 rings (SSSR count). The van der Waals surface area contributed by atoms with Crippen molar-refractivity contribution in [3.05, 3.63) is 0 Å². The Bertz CT molecular complexity index is 137. The molecule has 0 aromatic rings. The minimum atomic E-state index is -0.1000. The highest BCUT2D eigenvalue weighted by Gasteiger charge is 2.27. The fourth-order valence-corrected chi connectivity index (χ4v) is 1.74. The van der Waals surface area contributed by atoms with Gasteiger partial charge in [0.25, 0.3) is 0 Å². The highest BCUT2D eigenvalue weighted by Crippen LogP contribution is 2.18. The van der Waals surface area contributed by atoms with Gasteiger partial charge < -0.3 is 14.8 Å². The van der Waals surface area contributed by atoms with E-state index in [0.29, 0.717) is 6.04 Å². The number of ether oxygens (including phenoxy) is 2. The average Bonchev–Trinajstić information content (AvgIpc) is 2.12. The van der Waals surface area contributed by atoms with Crippen molar-refractivity contribution >= 4 is 0 Å². The number of likely N-dealkylation sites (N-methyl/N-ethyl adjacent to an activating group) is 1. The van der Waals surface area contributed by atoms with E-state index in [4.69, 9.17) is 9.47 Å². The van der Waals surface area contributed by atoms with Crippen LogP contribution < -0.4 is 5.32 Å². The van der Waals surface area contributed by atoms with Gasteiger partial charge in [0.2, 0.25) is 0 Å². The third-order valence-electron chi connectivity index (χ3n) is 2.55. The van der Waals surface area contributed by atoms with Crippen molar-refractivity contribution in [1.82, 2.24) is 5.32 Å². The van der Waals surface area contributed by atoms with Crippen LogP contribution in [-0.2, 0) is 9.47 Å². The summed E-state index contributed by atoms with van der Waals surface area (Å²) < 4.78 is 10.8. The molecule has 0 saturated carbocycles. The van der Waals surface area contributed by atoms with Crippen LogP contribution in [0.25, 0.3) is 0 Å². The topological polar surface area (TPSA) is 30.5 Å². The molecule has 0 fully saturated rings. The zero-order valence-electron chi connectivity index (χ0n) is 10.2. The number of nitrogens with one attached hydrogen (secondary N) is 1. The largest absolute Gasteiger partial charge is 0.385 e. The second-order valence-electron chi connectivity index (χ2n) is 4.01. The first kappa shape index (κ1) is 13.9. The Morgan fingerprint density at radius 2 is 2.00 bits per heavy atom. The Hall–Kier alpha value is -0.120. The Kier molecular flexibility index (Phi) is 7.15. The zero-order valence-corrected chi connectivity index (χ0v) is 10.2. The van der Waals surface area contributed by atoms with Crippen molar-refractivity contribution in [2.75, 3.05) is 27.4 Å². The molecule has 0 heterocycles. The normalized spacial score (nSPS) is 14.4. The molecule has 1 unspecified atom stereocenters. The summed E-state index contributed by atoms with van der Waals surface area (Å²) in [4.78, 5) is 0. The molecule has 0 aliphatic heterocycles. The summed E-state index contributed by atoms with van der Waals surface area (Å²) >= 11 is 0. The highest BCUT2D eigenvalue weighted by atomic mass is 16.5. The van der Waals surface area contributed by atoms with E-state index in [1.165, 1.54) is 0 Å². The van der Waals surface area contributed by atoms with Crippen LogP contribution in [0.15, 0.2) is 0 Å². The second-order valence-corrected chi connectivity index (χ2v) is 4.01. The van der Waals surface area contributed by atoms with E-state index in [1.807, 2.05) is 14.0 Å². The summed E-state index contributed by atoms with van der Waals surface area (Å²) in [6.45, 7) is 7.87. The van der Waals surface area contributed by atoms with E-state index in [-0.39, 0.29) is 5.60 Å². The first-order valence-corrected chi connectivity index (χ1v) is 5.38. The predicted molar refractivity (Wildman–Crippen MR) is 59.7 cm³/mol. The smallest absolute Gasteiger partial charge is 0.0778 e. The Balaban J connectivity index is 3.96. The van der Waals surface area contributed by atoms with Crippen LogP contribution in [0.5, 0.6) is 0 Å². The molecule has 86 valence electrons. The minimum absolute atomic E-state index is 0.1000. The molecule has 1 atom stereocenters. The third-order valence-corrected chi connectivity index (χ3v) is 2.55. The van der Waals surface area contributed by atoms with Crippen molar-refractivity contribution < 1.29 is 9.47 Å². The molecule has 14 heavy (non-hydrogen) atoms. The fraction of sp³-hybridized carbons (Fsp3) is 1.00. The molecule has 3 heteroatoms. The quantitative estimate of drug-likeness (QED) is 0.610. The molecule has 0 aromatic heterocycles. The van der Waals surface area contributed by atoms with E-state index >= 15 is 0 Å². The van der Waals surface area contributed by atoms with E-state index < -0.39 is 0 Å². The van der Waals surface area contributed by atoms with Crippen LogP contribution >= 0.6 is 0 Å². The van der Waals surface area contributed by atoms with Gasteiger partial charge in [-0.2, -0.15) is 0 Å². The second kappa shape index (κ2) is 7.21. The summed E-state index contributed by atoms with van der Waals surface area (Å²) in [5, 5.41) is 3.31. The van der Waals surface area contributed by atoms with E-state index in [2.05, 4.69) is 19.2 Å². The zero-order chi connectivity index (χ0) is 11.0. The first-order chi connectivity index (χ1) is 6.58. The molecular formula is C11H25NO2. The Labute approximate surface area is 88.2 Å². The lowest BCUT2D eigenvalue weighted by Crippen LogP contribution is -2.47. The minimum Gasteiger partial charge on any atom is -0.385 e. The maximum Gasteiger partial charge on any atom is 0.0778 e. The van der Waals surface area contributed by atoms with Gasteiger partial charge in [-0.3, -0.25) is 0 Å². The van der Waals surface area contributed by atoms with E-state index in [0.717, 1.165) is 26.1 Å². The van der Waals surface area contributed by atoms with Gasteiger partial charge in [-0.25, -0.2) is 0 Å². The molecule has 0 aliphatic rings. The summed E-state index contributed by atoms with van der Waals surface area (Å²) in [6, 6.07) is 0.387. The SMILES string of the molecule is CCOC(C)(C)C(CCCOC)NC. The van der Waals surface area contributed by atoms with Crippen molar-refractivity contribution in [2.45, 2.75) is 45.3 Å². The van der Waals surface area contributed by atoms with E-state index in [9.17, 15) is 0 Å². The van der Waals surface area contributed by atoms with Crippen molar-refractivity contribution in [3.63, 3.8) is 0 Å². The maximum absolute atomic E-state index is 5.71. The molecule has 0 bridgehead atoms. The lowest BCUT2D eigenvalue weighted by molar-refractivity contribution is -0.0397. The van der Waals surface area contributed by atoms with E-state index in [1.54, 1.807) is 7.11 Å². The molecule has 0 saturated heterocycles. The van der Waals surface area contributed by atoms with Gasteiger partial charge in [0.05, 0.1) is 5.60 Å². The number of rotatable bonds is 8. The maximum atomic E-state index is 5.71. The summed E-state index contributed by atoms with van der Waals surface area (Å²) in [7, 11) is 3.72. The fourth-order valence-electron chi connectivity index (χ4n) is 1.74. The van der Waals surface area contributed by atoms with Crippen LogP contribution in [0.2, 0.25) is 0 Å². The number of hydrogen-bond acceptors (Lipinski definition) is 3. The molecule has 0 radical (unpaired) electrons. The lowest BCUT2D eigenvalue weighted by Gasteiger charge is -2.34. The van der Waals surface area contributed by atoms with Crippen molar-refractivity contribution in [2.24, 2.45) is 0 Å². The van der Waals surface area contributed by atoms with Crippen LogP contribution in [0.3, 0.4) is 0 Å². The monoisotopic (exact) mass is 203 g/mol. The summed E-state index contributed by atoms with van der Waals surface area (Å²) in [6.07, 6.45) is 2.15. The van der Waals surface area contributed by atoms with Crippen LogP contribution in [0, 0.1) is 0 Å². The van der Waals surface area contributed by atoms with Crippen LogP contribution in [0.1, 0.15) is 33.6 Å². The van der Waals surface area contributed by atoms with Gasteiger partial charge in [0, 0.05) is 26.4 Å². The summed E-state index contributed by atoms with van der Waals surface area (Å²) in [5.41, 5.74) is -0.1000. The highest BCUT2D eigenvalue weighted by molar-refractivity contribution is 4.84. The van der Waals surface area contributed by atoms with Gasteiger partial charge in [0.15, 0.2) is 0 Å². The Morgan fingerprint density at radius 3 is 2.43 bits per heavy atom. The predicted octanol–water partition coefficient (Wildman–Crippen LogP) is 1.82. The molecule has 1 N–H and O–H groups in total. The lowest BCUT2D eigenvalue weighted by atomic mass is 9.94. The molecule has 0 aromatic carbocycles. The molecular weight excluding hydrogens is 178 g/mol. The van der Waals surface area contributed by atoms with Gasteiger partial charge in [-0.05, 0) is 40.7 Å². The summed E-state index contributed by atoms with van der Waals surface area (Å²) in [5.74, 6) is 0. The molecule has 3 nitrogen and oxygen atoms in total. The number of methoxy groups -OCH3 is 1. The van der Waals surface area contributed by atoms with Gasteiger partial charge >= 0.3 is 0 Å². The standard InChI is InChI=1S/C11H25NO2/c1-6-14-11(2,3)10(12-4)8-7-9-13-5/h10,12H,6-9H2,1-5H3. The first-order valence-electron chi connectivity index (χ1n) is 5.38. The third kappa shape index (κ3) is 4.94. The van der Waals surface area contributed by atoms with Gasteiger partial charge in [0.1, 0.15) is 0 Å². The Morgan fingerprint density at radius 1 is 1.36 bits per heavy atom. The van der Waals surface area contributed by atoms with Gasteiger partial charge in [-0.1, -0.05) is 0 Å².